The van der Waals surface area contributed by atoms with E-state index < -0.39 is 0 Å². The van der Waals surface area contributed by atoms with Gasteiger partial charge in [-0.15, -0.1) is 0 Å². The molecule has 1 heterocycles. The quantitative estimate of drug-likeness (QED) is 0.479. The van der Waals surface area contributed by atoms with Gasteiger partial charge < -0.3 is 15.8 Å². The topological polar surface area (TPSA) is 62.9 Å². The minimum Gasteiger partial charge on any atom is -0.383 e. The fourth-order valence-corrected chi connectivity index (χ4v) is 3.01. The molecule has 22 heavy (non-hydrogen) atoms. The van der Waals surface area contributed by atoms with Crippen molar-refractivity contribution < 1.29 is 4.74 Å². The normalized spacial score (nSPS) is 21.5. The average molecular weight is 313 g/mol. The molecular formula is C17H36N4O. The highest BCUT2D eigenvalue weighted by Crippen LogP contribution is 2.16. The molecule has 2 unspecified atom stereocenters. The summed E-state index contributed by atoms with van der Waals surface area (Å²) in [4.78, 5) is 7.01. The largest absolute Gasteiger partial charge is 0.383 e. The van der Waals surface area contributed by atoms with E-state index in [1.165, 1.54) is 25.7 Å². The van der Waals surface area contributed by atoms with E-state index in [9.17, 15) is 0 Å². The Kier molecular flexibility index (Phi) is 9.48. The van der Waals surface area contributed by atoms with Gasteiger partial charge in [-0.3, -0.25) is 9.89 Å². The third kappa shape index (κ3) is 7.99. The fourth-order valence-electron chi connectivity index (χ4n) is 3.01. The number of rotatable bonds is 10. The van der Waals surface area contributed by atoms with Crippen LogP contribution in [0.25, 0.3) is 0 Å². The summed E-state index contributed by atoms with van der Waals surface area (Å²) in [5, 5.41) is 3.32. The molecule has 0 aromatic carbocycles. The number of guanidine groups is 1. The van der Waals surface area contributed by atoms with Gasteiger partial charge in [-0.2, -0.15) is 0 Å². The molecule has 3 N–H and O–H groups in total. The van der Waals surface area contributed by atoms with Crippen molar-refractivity contribution in [2.24, 2.45) is 16.6 Å². The van der Waals surface area contributed by atoms with Crippen molar-refractivity contribution in [1.29, 1.82) is 0 Å². The number of methoxy groups -OCH3 is 1. The number of likely N-dealkylation sites (tertiary alicyclic amines) is 1. The molecule has 5 nitrogen and oxygen atoms in total. The third-order valence-electron chi connectivity index (χ3n) is 4.37. The van der Waals surface area contributed by atoms with Crippen molar-refractivity contribution >= 4 is 5.96 Å². The Labute approximate surface area is 136 Å². The summed E-state index contributed by atoms with van der Waals surface area (Å²) in [6.07, 6.45) is 6.14. The monoisotopic (exact) mass is 312 g/mol. The predicted octanol–water partition coefficient (Wildman–Crippen LogP) is 2.22. The number of nitrogens with one attached hydrogen (secondary N) is 1. The molecule has 1 aliphatic heterocycles. The number of nitrogens with zero attached hydrogens (tertiary/aromatic N) is 2. The van der Waals surface area contributed by atoms with E-state index in [2.05, 4.69) is 36.0 Å². The molecule has 0 aromatic heterocycles. The Morgan fingerprint density at radius 3 is 2.82 bits per heavy atom. The Bertz CT molecular complexity index is 320. The molecule has 1 saturated heterocycles. The van der Waals surface area contributed by atoms with Crippen molar-refractivity contribution in [2.75, 3.05) is 33.4 Å². The summed E-state index contributed by atoms with van der Waals surface area (Å²) < 4.78 is 5.17. The molecule has 0 amide bonds. The molecule has 0 aromatic rings. The Hall–Kier alpha value is -0.810. The summed E-state index contributed by atoms with van der Waals surface area (Å²) in [6.45, 7) is 10.5. The van der Waals surface area contributed by atoms with Crippen LogP contribution in [0.15, 0.2) is 4.99 Å². The minimum atomic E-state index is 0.399. The molecule has 0 aliphatic carbocycles. The smallest absolute Gasteiger partial charge is 0.188 e. The highest BCUT2D eigenvalue weighted by atomic mass is 16.5. The number of hydrogen-bond acceptors (Lipinski definition) is 3. The second-order valence-electron chi connectivity index (χ2n) is 6.92. The van der Waals surface area contributed by atoms with Gasteiger partial charge in [0, 0.05) is 25.7 Å². The van der Waals surface area contributed by atoms with Crippen LogP contribution < -0.4 is 11.1 Å². The van der Waals surface area contributed by atoms with E-state index in [1.807, 2.05) is 0 Å². The van der Waals surface area contributed by atoms with Gasteiger partial charge in [0.15, 0.2) is 5.96 Å². The van der Waals surface area contributed by atoms with Gasteiger partial charge in [0.25, 0.3) is 0 Å². The maximum Gasteiger partial charge on any atom is 0.188 e. The molecule has 1 fully saturated rings. The number of nitrogens with two attached hydrogens (primary N) is 1. The first-order valence-corrected chi connectivity index (χ1v) is 8.82. The van der Waals surface area contributed by atoms with Gasteiger partial charge in [-0.05, 0) is 38.6 Å². The SMILES string of the molecule is COCCN1CCCC1CN=C(N)NC(C)CCCC(C)C. The van der Waals surface area contributed by atoms with Crippen LogP contribution in [0.3, 0.4) is 0 Å². The van der Waals surface area contributed by atoms with Gasteiger partial charge in [0.05, 0.1) is 13.2 Å². The molecule has 1 rings (SSSR count). The van der Waals surface area contributed by atoms with Crippen LogP contribution in [0.2, 0.25) is 0 Å². The lowest BCUT2D eigenvalue weighted by molar-refractivity contribution is 0.143. The third-order valence-corrected chi connectivity index (χ3v) is 4.37. The molecule has 0 bridgehead atoms. The molecule has 1 aliphatic rings. The van der Waals surface area contributed by atoms with Crippen molar-refractivity contribution in [3.63, 3.8) is 0 Å². The first-order chi connectivity index (χ1) is 10.5. The van der Waals surface area contributed by atoms with Gasteiger partial charge in [0.2, 0.25) is 0 Å². The Morgan fingerprint density at radius 1 is 1.36 bits per heavy atom. The van der Waals surface area contributed by atoms with Gasteiger partial charge in [-0.1, -0.05) is 26.7 Å². The molecular weight excluding hydrogens is 276 g/mol. The Morgan fingerprint density at radius 2 is 2.14 bits per heavy atom. The summed E-state index contributed by atoms with van der Waals surface area (Å²) in [6, 6.07) is 0.919. The van der Waals surface area contributed by atoms with Gasteiger partial charge >= 0.3 is 0 Å². The highest BCUT2D eigenvalue weighted by molar-refractivity contribution is 5.78. The van der Waals surface area contributed by atoms with Crippen LogP contribution in [0.1, 0.15) is 52.9 Å². The average Bonchev–Trinajstić information content (AvgIpc) is 2.89. The summed E-state index contributed by atoms with van der Waals surface area (Å²) in [5.41, 5.74) is 6.03. The standard InChI is InChI=1S/C17H36N4O/c1-14(2)7-5-8-15(3)20-17(18)19-13-16-9-6-10-21(16)11-12-22-4/h14-16H,5-13H2,1-4H3,(H3,18,19,20). The fraction of sp³-hybridized carbons (Fsp3) is 0.941. The lowest BCUT2D eigenvalue weighted by Gasteiger charge is -2.23. The Balaban J connectivity index is 2.26. The molecule has 0 spiro atoms. The number of ether oxygens (including phenoxy) is 1. The zero-order valence-electron chi connectivity index (χ0n) is 15.0. The predicted molar refractivity (Wildman–Crippen MR) is 94.2 cm³/mol. The first kappa shape index (κ1) is 19.2. The first-order valence-electron chi connectivity index (χ1n) is 8.82. The van der Waals surface area contributed by atoms with E-state index in [0.29, 0.717) is 18.0 Å². The van der Waals surface area contributed by atoms with Crippen LogP contribution in [-0.4, -0.2) is 56.3 Å². The lowest BCUT2D eigenvalue weighted by Crippen LogP contribution is -2.40. The van der Waals surface area contributed by atoms with Crippen molar-refractivity contribution in [3.05, 3.63) is 0 Å². The summed E-state index contributed by atoms with van der Waals surface area (Å²) in [5.74, 6) is 1.37. The zero-order chi connectivity index (χ0) is 16.4. The van der Waals surface area contributed by atoms with Crippen LogP contribution >= 0.6 is 0 Å². The van der Waals surface area contributed by atoms with E-state index in [4.69, 9.17) is 10.5 Å². The molecule has 0 saturated carbocycles. The van der Waals surface area contributed by atoms with Crippen LogP contribution in [0.4, 0.5) is 0 Å². The number of hydrogen-bond donors (Lipinski definition) is 2. The summed E-state index contributed by atoms with van der Waals surface area (Å²) in [7, 11) is 1.76. The van der Waals surface area contributed by atoms with Crippen LogP contribution in [-0.2, 0) is 4.74 Å². The van der Waals surface area contributed by atoms with Gasteiger partial charge in [0.1, 0.15) is 0 Å². The molecule has 2 atom stereocenters. The van der Waals surface area contributed by atoms with Crippen LogP contribution in [0, 0.1) is 5.92 Å². The summed E-state index contributed by atoms with van der Waals surface area (Å²) >= 11 is 0. The van der Waals surface area contributed by atoms with E-state index >= 15 is 0 Å². The molecule has 130 valence electrons. The maximum absolute atomic E-state index is 6.03. The van der Waals surface area contributed by atoms with E-state index in [-0.39, 0.29) is 0 Å². The second-order valence-corrected chi connectivity index (χ2v) is 6.92. The van der Waals surface area contributed by atoms with E-state index in [0.717, 1.165) is 38.6 Å². The zero-order valence-corrected chi connectivity index (χ0v) is 15.0. The van der Waals surface area contributed by atoms with Gasteiger partial charge in [-0.25, -0.2) is 0 Å². The van der Waals surface area contributed by atoms with Crippen molar-refractivity contribution in [1.82, 2.24) is 10.2 Å². The highest BCUT2D eigenvalue weighted by Gasteiger charge is 2.23. The second kappa shape index (κ2) is 10.8. The maximum atomic E-state index is 6.03. The molecule has 5 heteroatoms. The minimum absolute atomic E-state index is 0.399. The number of aliphatic imine (C=N–C) groups is 1. The lowest BCUT2D eigenvalue weighted by atomic mass is 10.0. The van der Waals surface area contributed by atoms with E-state index in [1.54, 1.807) is 7.11 Å². The molecule has 0 radical (unpaired) electrons. The van der Waals surface area contributed by atoms with Crippen LogP contribution in [0.5, 0.6) is 0 Å². The van der Waals surface area contributed by atoms with Crippen molar-refractivity contribution in [3.8, 4) is 0 Å². The van der Waals surface area contributed by atoms with Crippen molar-refractivity contribution in [2.45, 2.75) is 65.0 Å².